The maximum atomic E-state index is 14.5. The van der Waals surface area contributed by atoms with Crippen molar-refractivity contribution in [1.29, 1.82) is 16.2 Å². The normalized spacial score (nSPS) is 14.7. The molecule has 0 saturated carbocycles. The van der Waals surface area contributed by atoms with Gasteiger partial charge in [-0.05, 0) is 159 Å². The lowest BCUT2D eigenvalue weighted by atomic mass is 9.99. The lowest BCUT2D eigenvalue weighted by molar-refractivity contribution is -0.142. The van der Waals surface area contributed by atoms with Crippen LogP contribution >= 0.6 is 25.3 Å². The number of rotatable bonds is 56. The summed E-state index contributed by atoms with van der Waals surface area (Å²) in [6.07, 6.45) is -3.70. The Labute approximate surface area is 687 Å². The van der Waals surface area contributed by atoms with Crippen molar-refractivity contribution in [3.05, 3.63) is 59.7 Å². The van der Waals surface area contributed by atoms with Gasteiger partial charge in [0.15, 0.2) is 17.9 Å². The number of aliphatic hydroxyl groups excluding tert-OH is 1. The lowest BCUT2D eigenvalue weighted by Gasteiger charge is -2.32. The summed E-state index contributed by atoms with van der Waals surface area (Å²) in [4.78, 5) is 195. The van der Waals surface area contributed by atoms with E-state index < -0.39 is 196 Å². The molecule has 0 radical (unpaired) electrons. The van der Waals surface area contributed by atoms with Crippen LogP contribution < -0.4 is 131 Å². The number of aliphatic hydroxyl groups is 1. The Hall–Kier alpha value is -11.1. The minimum atomic E-state index is -1.93. The number of carboxylic acids is 1. The molecule has 0 bridgehead atoms. The van der Waals surface area contributed by atoms with Gasteiger partial charge < -0.3 is 152 Å². The molecule has 117 heavy (non-hydrogen) atoms. The molecule has 0 aliphatic carbocycles. The van der Waals surface area contributed by atoms with E-state index in [1.54, 1.807) is 0 Å². The molecule has 45 nitrogen and oxygen atoms in total. The largest absolute Gasteiger partial charge is 0.508 e. The van der Waals surface area contributed by atoms with Crippen LogP contribution in [-0.2, 0) is 80.0 Å². The van der Waals surface area contributed by atoms with E-state index in [0.29, 0.717) is 24.0 Å². The zero-order valence-corrected chi connectivity index (χ0v) is 67.3. The highest BCUT2D eigenvalue weighted by molar-refractivity contribution is 7.81. The summed E-state index contributed by atoms with van der Waals surface area (Å²) in [5.41, 5.74) is 52.3. The second kappa shape index (κ2) is 53.2. The number of primary amides is 1. The number of thiol groups is 2. The Morgan fingerprint density at radius 3 is 1.08 bits per heavy atom. The van der Waals surface area contributed by atoms with Gasteiger partial charge in [-0.3, -0.25) is 78.6 Å². The summed E-state index contributed by atoms with van der Waals surface area (Å²) >= 11 is 8.81. The highest BCUT2D eigenvalue weighted by Gasteiger charge is 2.41. The number of phenolic OH excluding ortho intramolecular Hbond substituents is 2. The van der Waals surface area contributed by atoms with E-state index in [0.717, 1.165) is 6.92 Å². The molecule has 14 atom stereocenters. The van der Waals surface area contributed by atoms with E-state index in [-0.39, 0.29) is 140 Å². The average molecular weight is 1690 g/mol. The molecule has 13 amide bonds. The first-order valence-corrected chi connectivity index (χ1v) is 38.7. The van der Waals surface area contributed by atoms with Gasteiger partial charge in [0.2, 0.25) is 76.8 Å². The highest BCUT2D eigenvalue weighted by atomic mass is 32.1. The highest BCUT2D eigenvalue weighted by Crippen LogP contribution is 2.21. The van der Waals surface area contributed by atoms with Crippen molar-refractivity contribution in [2.75, 3.05) is 51.6 Å². The van der Waals surface area contributed by atoms with Crippen molar-refractivity contribution in [2.24, 2.45) is 51.6 Å². The Bertz CT molecular complexity index is 3660. The molecule has 2 aromatic carbocycles. The summed E-state index contributed by atoms with van der Waals surface area (Å²) in [5.74, 6) is -16.8. The van der Waals surface area contributed by atoms with Gasteiger partial charge in [-0.1, -0.05) is 24.3 Å². The summed E-state index contributed by atoms with van der Waals surface area (Å²) in [6.45, 7) is 3.42. The number of carbonyl (C=O) groups excluding carboxylic acids is 13. The van der Waals surface area contributed by atoms with Crippen molar-refractivity contribution < 1.29 is 87.5 Å². The lowest BCUT2D eigenvalue weighted by Crippen LogP contribution is -2.63. The number of nitrogens with two attached hydrogens (primary N) is 9. The number of benzene rings is 2. The number of hydrogen-bond acceptors (Lipinski definition) is 27. The molecule has 0 fully saturated rings. The monoisotopic (exact) mass is 1690 g/mol. The first kappa shape index (κ1) is 102. The molecule has 0 aliphatic rings. The van der Waals surface area contributed by atoms with Crippen LogP contribution in [0.5, 0.6) is 11.5 Å². The predicted molar refractivity (Wildman–Crippen MR) is 436 cm³/mol. The summed E-state index contributed by atoms with van der Waals surface area (Å²) < 4.78 is -1.50. The van der Waals surface area contributed by atoms with E-state index in [2.05, 4.69) is 105 Å². The van der Waals surface area contributed by atoms with E-state index in [9.17, 15) is 87.5 Å². The van der Waals surface area contributed by atoms with Gasteiger partial charge in [0.1, 0.15) is 84.0 Å². The van der Waals surface area contributed by atoms with Crippen LogP contribution in [-0.4, -0.2) is 262 Å². The quantitative estimate of drug-likeness (QED) is 0.0127. The molecule has 0 unspecified atom stereocenters. The maximum Gasteiger partial charge on any atom is 0.326 e. The second-order valence-electron chi connectivity index (χ2n) is 27.9. The molecule has 654 valence electrons. The van der Waals surface area contributed by atoms with Gasteiger partial charge in [-0.25, -0.2) is 4.79 Å². The van der Waals surface area contributed by atoms with E-state index in [1.807, 2.05) is 0 Å². The van der Waals surface area contributed by atoms with Gasteiger partial charge in [0, 0.05) is 43.0 Å². The smallest absolute Gasteiger partial charge is 0.326 e. The number of hydrogen-bond donors (Lipinski definition) is 33. The maximum absolute atomic E-state index is 14.5. The molecular formula is C70H119N27O18S2. The summed E-state index contributed by atoms with van der Waals surface area (Å²) in [6, 6.07) is -9.46. The second-order valence-corrected chi connectivity index (χ2v) is 29.5. The molecule has 2 aromatic rings. The number of phenols is 2. The van der Waals surface area contributed by atoms with Crippen LogP contribution in [0.3, 0.4) is 0 Å². The third-order valence-corrected chi connectivity index (χ3v) is 18.2. The SMILES string of the molecule is C[C@@H](O)[C@H](NC(=O)[C@H](CCN)NC(=O)[C@H](CCCNC(=N)N)NC(=O)[C@H](CC(N)=O)NC(=O)[C@@H](NC(=O)[C@H](Cc1ccc(O)cc1)NC(=O)[C@@H](N)CCCNC(=N)N)C(C)(C)S)C(=O)N[C@H](CCN)C(=O)N[C@@H](CCCCN)C(=O)N[C@@H](CS)C(=O)N[C@@H](CCN)C(=O)N[C@@H](CCCNC(=N)N)C(=O)N[C@@H](Cc1ccc(O)cc1)C(=O)O. The molecular weight excluding hydrogens is 1570 g/mol. The fourth-order valence-corrected chi connectivity index (χ4v) is 11.7. The van der Waals surface area contributed by atoms with Crippen LogP contribution in [0.4, 0.5) is 0 Å². The van der Waals surface area contributed by atoms with Gasteiger partial charge in [-0.2, -0.15) is 25.3 Å². The zero-order valence-electron chi connectivity index (χ0n) is 65.6. The predicted octanol–water partition coefficient (Wildman–Crippen LogP) is -10.0. The third kappa shape index (κ3) is 39.4. The molecule has 40 N–H and O–H groups in total. The topological polar surface area (TPSA) is 806 Å². The molecule has 0 saturated heterocycles. The summed E-state index contributed by atoms with van der Waals surface area (Å²) in [5, 5.41) is 100. The van der Waals surface area contributed by atoms with Crippen molar-refractivity contribution in [1.82, 2.24) is 79.8 Å². The first-order valence-electron chi connectivity index (χ1n) is 37.6. The van der Waals surface area contributed by atoms with Crippen LogP contribution in [0.1, 0.15) is 115 Å². The van der Waals surface area contributed by atoms with Crippen molar-refractivity contribution in [2.45, 2.75) is 206 Å². The number of guanidine groups is 3. The average Bonchev–Trinajstić information content (AvgIpc) is 0.851. The number of carbonyl (C=O) groups is 14. The third-order valence-electron chi connectivity index (χ3n) is 17.6. The fourth-order valence-electron chi connectivity index (χ4n) is 11.3. The number of aromatic hydroxyl groups is 2. The van der Waals surface area contributed by atoms with E-state index in [1.165, 1.54) is 62.4 Å². The van der Waals surface area contributed by atoms with Crippen LogP contribution in [0.15, 0.2) is 48.5 Å². The minimum absolute atomic E-state index is 0.0404. The molecule has 47 heteroatoms. The van der Waals surface area contributed by atoms with Gasteiger partial charge in [-0.15, -0.1) is 0 Å². The van der Waals surface area contributed by atoms with Crippen molar-refractivity contribution in [3.63, 3.8) is 0 Å². The Morgan fingerprint density at radius 2 is 0.718 bits per heavy atom. The van der Waals surface area contributed by atoms with Gasteiger partial charge in [0.25, 0.3) is 0 Å². The molecule has 0 spiro atoms. The van der Waals surface area contributed by atoms with E-state index in [4.69, 9.17) is 67.8 Å². The van der Waals surface area contributed by atoms with E-state index >= 15 is 0 Å². The molecule has 0 aliphatic heterocycles. The Morgan fingerprint density at radius 1 is 0.402 bits per heavy atom. The molecule has 2 rings (SSSR count). The number of nitrogens with one attached hydrogen (secondary N) is 18. The zero-order chi connectivity index (χ0) is 88.2. The van der Waals surface area contributed by atoms with Gasteiger partial charge in [0.05, 0.1) is 18.6 Å². The van der Waals surface area contributed by atoms with Crippen molar-refractivity contribution >= 4 is 126 Å². The number of aliphatic carboxylic acids is 1. The minimum Gasteiger partial charge on any atom is -0.508 e. The number of unbranched alkanes of at least 4 members (excludes halogenated alkanes) is 1. The van der Waals surface area contributed by atoms with Crippen LogP contribution in [0.2, 0.25) is 0 Å². The number of amides is 13. The fraction of sp³-hybridized carbons (Fsp3) is 0.586. The molecule has 0 aromatic heterocycles. The number of carboxylic acid groups (broad SMARTS) is 1. The van der Waals surface area contributed by atoms with Crippen LogP contribution in [0.25, 0.3) is 0 Å². The Balaban J connectivity index is 2.44. The van der Waals surface area contributed by atoms with Crippen LogP contribution in [0, 0.1) is 16.2 Å². The standard InChI is InChI=1S/C70H119N27O18S2/c1-35(98)52(64(112)91-45(22-26-73)59(107)86-41(10-4-5-24-71)57(105)95-50(34-116)63(111)90-44(21-25-72)58(106)87-43(12-8-30-85-69(81)82)56(104)94-49(66(114)115)32-37-15-19-39(100)20-16-37)96-60(108)46(23-27-74)89-55(103)42(11-7-29-84-68(79)80)88-61(109)48(33-51(76)101)93-65(113)53(70(2,3)117)97-62(110)47(31-36-13-17-38(99)18-14-36)92-54(102)40(75)9-6-28-83-67(77)78/h13-20,35,40-50,52-53,98-100,116-117H,4-12,21-34,71-75H2,1-3H3,(H2,76,101)(H,86,107)(H,87,106)(H,88,109)(H,89,103)(H,90,111)(H,91,112)(H,92,102)(H,93,113)(H,94,104)(H,95,105)(H,96,108)(H,97,110)(H,114,115)(H4,77,78,83)(H4,79,80,84)(H4,81,82,85)/t35-,40+,41+,42+,43+,44+,45-,46+,47+,48+,49+,50+,52+,53-/m1/s1. The van der Waals surface area contributed by atoms with Gasteiger partial charge >= 0.3 is 5.97 Å². The Kier molecular flexibility index (Phi) is 46.4. The first-order chi connectivity index (χ1) is 55.1. The van der Waals surface area contributed by atoms with Crippen molar-refractivity contribution in [3.8, 4) is 11.5 Å². The molecule has 0 heterocycles. The summed E-state index contributed by atoms with van der Waals surface area (Å²) in [7, 11) is 0.